The van der Waals surface area contributed by atoms with Crippen LogP contribution in [-0.2, 0) is 6.54 Å². The molecule has 2 amide bonds. The molecule has 1 aliphatic rings. The van der Waals surface area contributed by atoms with E-state index in [0.717, 1.165) is 56.6 Å². The van der Waals surface area contributed by atoms with Gasteiger partial charge in [0.2, 0.25) is 0 Å². The van der Waals surface area contributed by atoms with Gasteiger partial charge in [0, 0.05) is 17.4 Å². The fraction of sp³-hybridized carbons (Fsp3) is 0.212. The molecule has 0 radical (unpaired) electrons. The second kappa shape index (κ2) is 10.4. The highest BCUT2D eigenvalue weighted by molar-refractivity contribution is 5.91. The van der Waals surface area contributed by atoms with Crippen molar-refractivity contribution in [3.8, 4) is 17.3 Å². The summed E-state index contributed by atoms with van der Waals surface area (Å²) in [7, 11) is 0. The first-order valence-electron chi connectivity index (χ1n) is 13.6. The van der Waals surface area contributed by atoms with Crippen LogP contribution >= 0.6 is 0 Å². The molecule has 0 spiro atoms. The summed E-state index contributed by atoms with van der Waals surface area (Å²) in [6, 6.07) is 27.9. The molecule has 1 N–H and O–H groups in total. The lowest BCUT2D eigenvalue weighted by Crippen LogP contribution is -2.38. The second-order valence-electron chi connectivity index (χ2n) is 10.2. The number of para-hydroxylation sites is 1. The first-order chi connectivity index (χ1) is 19.4. The number of aromatic nitrogens is 3. The van der Waals surface area contributed by atoms with Gasteiger partial charge in [-0.1, -0.05) is 42.5 Å². The van der Waals surface area contributed by atoms with Crippen molar-refractivity contribution in [2.75, 3.05) is 11.9 Å². The number of rotatable bonds is 5. The number of benzene rings is 3. The predicted molar refractivity (Wildman–Crippen MR) is 158 cm³/mol. The molecule has 3 aromatic carbocycles. The van der Waals surface area contributed by atoms with Gasteiger partial charge in [0.05, 0.1) is 36.3 Å². The normalized spacial score (nSPS) is 14.3. The van der Waals surface area contributed by atoms with Crippen LogP contribution in [0.3, 0.4) is 0 Å². The van der Waals surface area contributed by atoms with Crippen molar-refractivity contribution < 1.29 is 9.53 Å². The van der Waals surface area contributed by atoms with Crippen LogP contribution in [0.2, 0.25) is 0 Å². The lowest BCUT2D eigenvalue weighted by molar-refractivity contribution is 0.194. The Morgan fingerprint density at radius 2 is 1.80 bits per heavy atom. The number of ether oxygens (including phenoxy) is 1. The summed E-state index contributed by atoms with van der Waals surface area (Å²) < 4.78 is 10.0. The van der Waals surface area contributed by atoms with Gasteiger partial charge in [0.1, 0.15) is 11.6 Å². The second-order valence-corrected chi connectivity index (χ2v) is 10.2. The number of urea groups is 1. The average molecular weight is 532 g/mol. The van der Waals surface area contributed by atoms with Gasteiger partial charge in [-0.3, -0.25) is 0 Å². The number of nitrogens with one attached hydrogen (secondary N) is 1. The maximum Gasteiger partial charge on any atom is 0.322 e. The fourth-order valence-corrected chi connectivity index (χ4v) is 5.50. The van der Waals surface area contributed by atoms with E-state index < -0.39 is 0 Å². The van der Waals surface area contributed by atoms with Crippen molar-refractivity contribution in [1.82, 2.24) is 19.2 Å². The molecule has 2 aromatic heterocycles. The van der Waals surface area contributed by atoms with Crippen LogP contribution in [0.25, 0.3) is 11.5 Å². The van der Waals surface area contributed by atoms with Crippen LogP contribution in [-0.4, -0.2) is 31.9 Å². The minimum absolute atomic E-state index is 0.173. The Labute approximate surface area is 234 Å². The summed E-state index contributed by atoms with van der Waals surface area (Å²) in [6.45, 7) is 8.98. The van der Waals surface area contributed by atoms with Crippen molar-refractivity contribution in [3.05, 3.63) is 125 Å². The molecule has 0 unspecified atom stereocenters. The lowest BCUT2D eigenvalue weighted by Gasteiger charge is -2.31. The summed E-state index contributed by atoms with van der Waals surface area (Å²) in [4.78, 5) is 16.2. The summed E-state index contributed by atoms with van der Waals surface area (Å²) in [5.41, 5.74) is 7.71. The monoisotopic (exact) mass is 531 g/mol. The van der Waals surface area contributed by atoms with Gasteiger partial charge in [0.25, 0.3) is 0 Å². The lowest BCUT2D eigenvalue weighted by atomic mass is 10.0. The van der Waals surface area contributed by atoms with Gasteiger partial charge in [-0.2, -0.15) is 5.10 Å². The number of fused-ring (bicyclic) bond motifs is 3. The quantitative estimate of drug-likeness (QED) is 0.263. The minimum atomic E-state index is -0.364. The van der Waals surface area contributed by atoms with E-state index in [-0.39, 0.29) is 12.1 Å². The molecule has 202 valence electrons. The first-order valence-corrected chi connectivity index (χ1v) is 13.6. The number of anilines is 1. The van der Waals surface area contributed by atoms with Crippen molar-refractivity contribution >= 4 is 11.7 Å². The number of carbonyl (C=O) groups is 1. The summed E-state index contributed by atoms with van der Waals surface area (Å²) in [6.07, 6.45) is 2.06. The molecule has 0 fully saturated rings. The molecule has 1 atom stereocenters. The van der Waals surface area contributed by atoms with Crippen molar-refractivity contribution in [3.63, 3.8) is 0 Å². The number of hydrogen-bond donors (Lipinski definition) is 1. The number of hydrogen-bond acceptors (Lipinski definition) is 3. The van der Waals surface area contributed by atoms with Crippen LogP contribution in [0.4, 0.5) is 10.5 Å². The molecule has 3 heterocycles. The first kappa shape index (κ1) is 25.5. The zero-order valence-electron chi connectivity index (χ0n) is 23.3. The highest BCUT2D eigenvalue weighted by Crippen LogP contribution is 2.39. The van der Waals surface area contributed by atoms with Crippen molar-refractivity contribution in [2.45, 2.75) is 40.3 Å². The average Bonchev–Trinajstić information content (AvgIpc) is 3.52. The van der Waals surface area contributed by atoms with Crippen LogP contribution < -0.4 is 10.1 Å². The molecule has 0 saturated carbocycles. The van der Waals surface area contributed by atoms with Crippen molar-refractivity contribution in [1.29, 1.82) is 0 Å². The number of carbonyl (C=O) groups excluding carboxylic acids is 1. The van der Waals surface area contributed by atoms with E-state index in [2.05, 4.69) is 46.4 Å². The maximum absolute atomic E-state index is 14.3. The third-order valence-electron chi connectivity index (χ3n) is 7.47. The molecular weight excluding hydrogens is 498 g/mol. The minimum Gasteiger partial charge on any atom is -0.494 e. The van der Waals surface area contributed by atoms with E-state index in [1.165, 1.54) is 0 Å². The zero-order chi connectivity index (χ0) is 27.8. The molecule has 40 heavy (non-hydrogen) atoms. The summed E-state index contributed by atoms with van der Waals surface area (Å²) >= 11 is 0. The van der Waals surface area contributed by atoms with Crippen LogP contribution in [0.1, 0.15) is 46.6 Å². The Kier molecular flexibility index (Phi) is 6.64. The molecule has 1 aliphatic heterocycles. The Hall–Kier alpha value is -4.78. The zero-order valence-corrected chi connectivity index (χ0v) is 23.3. The Morgan fingerprint density at radius 1 is 0.975 bits per heavy atom. The summed E-state index contributed by atoms with van der Waals surface area (Å²) in [5.74, 6) is 1.72. The topological polar surface area (TPSA) is 64.3 Å². The van der Waals surface area contributed by atoms with Gasteiger partial charge in [-0.05, 0) is 86.8 Å². The van der Waals surface area contributed by atoms with Crippen LogP contribution in [0.5, 0.6) is 5.75 Å². The highest BCUT2D eigenvalue weighted by atomic mass is 16.5. The van der Waals surface area contributed by atoms with Crippen molar-refractivity contribution in [2.24, 2.45) is 0 Å². The number of aryl methyl sites for hydroxylation is 3. The van der Waals surface area contributed by atoms with E-state index in [1.54, 1.807) is 0 Å². The number of nitrogens with zero attached hydrogens (tertiary/aromatic N) is 4. The van der Waals surface area contributed by atoms with E-state index in [4.69, 9.17) is 9.84 Å². The molecule has 7 heteroatoms. The van der Waals surface area contributed by atoms with E-state index in [9.17, 15) is 4.79 Å². The van der Waals surface area contributed by atoms with E-state index in [0.29, 0.717) is 13.2 Å². The standard InChI is InChI=1S/C33H33N5O2/c1-5-40-27-14-9-11-25(20-27)31-30-15-10-18-36(30)32-28(24(4)35-38(32)26-12-7-6-8-13-26)21-37(31)33(39)34-29-19-22(2)16-17-23(29)3/h6-20,31H,5,21H2,1-4H3,(H,34,39)/t31-/m1/s1. The van der Waals surface area contributed by atoms with Crippen LogP contribution in [0, 0.1) is 20.8 Å². The highest BCUT2D eigenvalue weighted by Gasteiger charge is 2.36. The van der Waals surface area contributed by atoms with Gasteiger partial charge >= 0.3 is 6.03 Å². The van der Waals surface area contributed by atoms with Gasteiger partial charge in [0.15, 0.2) is 0 Å². The van der Waals surface area contributed by atoms with E-state index in [1.807, 2.05) is 91.9 Å². The summed E-state index contributed by atoms with van der Waals surface area (Å²) in [5, 5.41) is 8.16. The van der Waals surface area contributed by atoms with Crippen LogP contribution in [0.15, 0.2) is 91.1 Å². The molecule has 0 aliphatic carbocycles. The molecule has 7 nitrogen and oxygen atoms in total. The van der Waals surface area contributed by atoms with Gasteiger partial charge in [-0.15, -0.1) is 0 Å². The molecule has 0 bridgehead atoms. The smallest absolute Gasteiger partial charge is 0.322 e. The molecule has 6 rings (SSSR count). The van der Waals surface area contributed by atoms with E-state index >= 15 is 0 Å². The van der Waals surface area contributed by atoms with Gasteiger partial charge < -0.3 is 19.5 Å². The number of amides is 2. The molecule has 0 saturated heterocycles. The molecule has 5 aromatic rings. The third-order valence-corrected chi connectivity index (χ3v) is 7.47. The molecular formula is C33H33N5O2. The SMILES string of the molecule is CCOc1cccc([C@@H]2c3cccn3-c3c(c(C)nn3-c3ccccc3)CN2C(=O)Nc2cc(C)ccc2C)c1. The predicted octanol–water partition coefficient (Wildman–Crippen LogP) is 7.12. The third kappa shape index (κ3) is 4.53. The maximum atomic E-state index is 14.3. The Bertz CT molecular complexity index is 1680. The fourth-order valence-electron chi connectivity index (χ4n) is 5.50. The largest absolute Gasteiger partial charge is 0.494 e. The van der Waals surface area contributed by atoms with Gasteiger partial charge in [-0.25, -0.2) is 9.48 Å². The Morgan fingerprint density at radius 3 is 2.60 bits per heavy atom. The Balaban J connectivity index is 1.54.